The van der Waals surface area contributed by atoms with E-state index in [1.807, 2.05) is 0 Å². The van der Waals surface area contributed by atoms with Gasteiger partial charge in [0.1, 0.15) is 17.1 Å². The molecule has 0 aliphatic rings. The van der Waals surface area contributed by atoms with Gasteiger partial charge in [0.05, 0.1) is 4.34 Å². The first-order valence-corrected chi connectivity index (χ1v) is 6.06. The van der Waals surface area contributed by atoms with E-state index in [1.165, 1.54) is 12.7 Å². The summed E-state index contributed by atoms with van der Waals surface area (Å²) in [5, 5.41) is 8.37. The topological polar surface area (TPSA) is 66.4 Å². The lowest BCUT2D eigenvalue weighted by Gasteiger charge is -2.00. The predicted molar refractivity (Wildman–Crippen MR) is 54.6 cm³/mol. The largest absolute Gasteiger partial charge is 0.302 e. The Morgan fingerprint density at radius 3 is 2.23 bits per heavy atom. The van der Waals surface area contributed by atoms with Crippen LogP contribution in [0.2, 0.25) is 8.67 Å². The third kappa shape index (κ3) is 2.00. The van der Waals surface area contributed by atoms with Crippen molar-refractivity contribution in [2.45, 2.75) is 4.90 Å². The summed E-state index contributed by atoms with van der Waals surface area (Å²) in [6.45, 7) is 0. The van der Waals surface area contributed by atoms with Crippen LogP contribution in [0.1, 0.15) is 0 Å². The third-order valence-electron chi connectivity index (χ3n) is 1.38. The molecule has 4 nitrogen and oxygen atoms in total. The van der Waals surface area contributed by atoms with Crippen LogP contribution in [-0.2, 0) is 10.0 Å². The molecule has 0 aromatic carbocycles. The number of hydrogen-bond donors (Lipinski definition) is 2. The van der Waals surface area contributed by atoms with Crippen LogP contribution in [0, 0.1) is 0 Å². The van der Waals surface area contributed by atoms with Gasteiger partial charge in [-0.15, -0.1) is 11.3 Å². The van der Waals surface area contributed by atoms with Crippen LogP contribution < -0.4 is 10.3 Å². The highest BCUT2D eigenvalue weighted by Crippen LogP contribution is 2.31. The van der Waals surface area contributed by atoms with Crippen molar-refractivity contribution in [3.05, 3.63) is 8.67 Å². The first-order chi connectivity index (χ1) is 5.90. The van der Waals surface area contributed by atoms with Crippen LogP contribution >= 0.6 is 34.5 Å². The van der Waals surface area contributed by atoms with E-state index in [9.17, 15) is 8.42 Å². The van der Waals surface area contributed by atoms with Crippen LogP contribution in [0.3, 0.4) is 0 Å². The Morgan fingerprint density at radius 1 is 1.38 bits per heavy atom. The lowest BCUT2D eigenvalue weighted by Crippen LogP contribution is -2.24. The first-order valence-electron chi connectivity index (χ1n) is 3.00. The van der Waals surface area contributed by atoms with Crippen LogP contribution in [0.15, 0.2) is 4.90 Å². The Morgan fingerprint density at radius 2 is 1.92 bits per heavy atom. The SMILES string of the molecule is Bc1c(Cl)sc(Cl)c1S(=O)(=O)NO. The summed E-state index contributed by atoms with van der Waals surface area (Å²) in [5.41, 5.74) is 0.332. The molecule has 0 spiro atoms. The Bertz CT molecular complexity index is 429. The molecule has 9 heteroatoms. The summed E-state index contributed by atoms with van der Waals surface area (Å²) >= 11 is 12.2. The van der Waals surface area contributed by atoms with Gasteiger partial charge in [0.25, 0.3) is 10.0 Å². The molecule has 2 N–H and O–H groups in total. The van der Waals surface area contributed by atoms with E-state index in [-0.39, 0.29) is 9.23 Å². The molecule has 13 heavy (non-hydrogen) atoms. The van der Waals surface area contributed by atoms with Gasteiger partial charge >= 0.3 is 0 Å². The minimum Gasteiger partial charge on any atom is -0.302 e. The lowest BCUT2D eigenvalue weighted by atomic mass is 10.0. The molecule has 1 heterocycles. The molecule has 0 aliphatic carbocycles. The standard InChI is InChI=1S/C4H4BCl2NO3S2/c5-1-2(13(10,11)8-9)4(7)12-3(1)6/h8-9H,5H2. The summed E-state index contributed by atoms with van der Waals surface area (Å²) < 4.78 is 22.6. The van der Waals surface area contributed by atoms with Crippen LogP contribution in [0.4, 0.5) is 0 Å². The van der Waals surface area contributed by atoms with E-state index in [1.54, 1.807) is 0 Å². The van der Waals surface area contributed by atoms with Crippen molar-refractivity contribution in [3.8, 4) is 0 Å². The molecular formula is C4H4BCl2NO3S2. The molecule has 0 saturated carbocycles. The van der Waals surface area contributed by atoms with Gasteiger partial charge in [-0.3, -0.25) is 0 Å². The van der Waals surface area contributed by atoms with Gasteiger partial charge in [0.2, 0.25) is 0 Å². The summed E-state index contributed by atoms with van der Waals surface area (Å²) in [6, 6.07) is 0. The van der Waals surface area contributed by atoms with E-state index >= 15 is 0 Å². The zero-order valence-electron chi connectivity index (χ0n) is 6.34. The summed E-state index contributed by atoms with van der Waals surface area (Å²) in [4.78, 5) is 1.01. The highest BCUT2D eigenvalue weighted by molar-refractivity contribution is 7.89. The second-order valence-electron chi connectivity index (χ2n) is 2.20. The number of hydrogen-bond acceptors (Lipinski definition) is 4. The molecule has 0 unspecified atom stereocenters. The maximum Gasteiger partial charge on any atom is 0.264 e. The van der Waals surface area contributed by atoms with E-state index in [2.05, 4.69) is 0 Å². The molecule has 1 aromatic rings. The number of nitrogens with one attached hydrogen (secondary N) is 1. The molecule has 0 radical (unpaired) electrons. The lowest BCUT2D eigenvalue weighted by molar-refractivity contribution is 0.243. The fraction of sp³-hybridized carbons (Fsp3) is 0. The van der Waals surface area contributed by atoms with Crippen molar-refractivity contribution in [3.63, 3.8) is 0 Å². The van der Waals surface area contributed by atoms with Gasteiger partial charge in [-0.2, -0.15) is 0 Å². The van der Waals surface area contributed by atoms with Gasteiger partial charge in [0, 0.05) is 0 Å². The zero-order valence-corrected chi connectivity index (χ0v) is 9.48. The van der Waals surface area contributed by atoms with E-state index in [0.29, 0.717) is 9.80 Å². The Kier molecular flexibility index (Phi) is 3.27. The van der Waals surface area contributed by atoms with Gasteiger partial charge in [-0.05, 0) is 5.46 Å². The quantitative estimate of drug-likeness (QED) is 0.580. The van der Waals surface area contributed by atoms with Gasteiger partial charge in [-0.1, -0.05) is 28.1 Å². The molecule has 0 amide bonds. The number of halogens is 2. The van der Waals surface area contributed by atoms with Crippen molar-refractivity contribution in [1.82, 2.24) is 4.89 Å². The van der Waals surface area contributed by atoms with Crippen molar-refractivity contribution in [2.24, 2.45) is 0 Å². The first kappa shape index (κ1) is 11.3. The summed E-state index contributed by atoms with van der Waals surface area (Å²) in [7, 11) is -2.43. The van der Waals surface area contributed by atoms with Gasteiger partial charge < -0.3 is 5.21 Å². The van der Waals surface area contributed by atoms with Gasteiger partial charge in [-0.25, -0.2) is 8.42 Å². The van der Waals surface area contributed by atoms with E-state index < -0.39 is 10.0 Å². The number of thiophene rings is 1. The van der Waals surface area contributed by atoms with Crippen molar-refractivity contribution < 1.29 is 13.6 Å². The molecule has 0 fully saturated rings. The highest BCUT2D eigenvalue weighted by Gasteiger charge is 2.23. The highest BCUT2D eigenvalue weighted by atomic mass is 35.5. The molecular weight excluding hydrogens is 256 g/mol. The average molecular weight is 260 g/mol. The van der Waals surface area contributed by atoms with Crippen molar-refractivity contribution in [1.29, 1.82) is 0 Å². The van der Waals surface area contributed by atoms with E-state index in [0.717, 1.165) is 11.3 Å². The molecule has 1 rings (SSSR count). The van der Waals surface area contributed by atoms with Crippen molar-refractivity contribution >= 4 is 57.9 Å². The smallest absolute Gasteiger partial charge is 0.264 e. The monoisotopic (exact) mass is 259 g/mol. The summed E-state index contributed by atoms with van der Waals surface area (Å²) in [6.07, 6.45) is 0. The molecule has 0 aliphatic heterocycles. The van der Waals surface area contributed by atoms with Crippen LogP contribution in [-0.4, -0.2) is 21.5 Å². The minimum absolute atomic E-state index is 0.0315. The second kappa shape index (κ2) is 3.76. The molecule has 0 saturated heterocycles. The maximum atomic E-state index is 11.2. The maximum absolute atomic E-state index is 11.2. The fourth-order valence-electron chi connectivity index (χ4n) is 0.791. The average Bonchev–Trinajstić information content (AvgIpc) is 2.27. The molecule has 1 aromatic heterocycles. The Hall–Kier alpha value is 0.215. The zero-order chi connectivity index (χ0) is 10.2. The minimum atomic E-state index is -3.94. The Labute approximate surface area is 89.9 Å². The Balaban J connectivity index is 3.47. The fourth-order valence-corrected chi connectivity index (χ4v) is 3.95. The molecule has 0 atom stereocenters. The van der Waals surface area contributed by atoms with Crippen LogP contribution in [0.5, 0.6) is 0 Å². The third-order valence-corrected chi connectivity index (χ3v) is 4.72. The van der Waals surface area contributed by atoms with Crippen LogP contribution in [0.25, 0.3) is 0 Å². The van der Waals surface area contributed by atoms with Gasteiger partial charge in [0.15, 0.2) is 0 Å². The molecule has 72 valence electrons. The summed E-state index contributed by atoms with van der Waals surface area (Å²) in [5.74, 6) is 0. The normalized spacial score (nSPS) is 11.9. The number of sulfonamides is 1. The molecule has 0 bridgehead atoms. The van der Waals surface area contributed by atoms with Crippen molar-refractivity contribution in [2.75, 3.05) is 0 Å². The number of rotatable bonds is 2. The van der Waals surface area contributed by atoms with E-state index in [4.69, 9.17) is 28.4 Å². The second-order valence-corrected chi connectivity index (χ2v) is 6.02. The predicted octanol–water partition coefficient (Wildman–Crippen LogP) is -0.0192.